The lowest BCUT2D eigenvalue weighted by molar-refractivity contribution is -0.146. The molecule has 1 N–H and O–H groups in total. The van der Waals surface area contributed by atoms with Crippen molar-refractivity contribution in [1.29, 1.82) is 0 Å². The molecule has 1 unspecified atom stereocenters. The molecule has 7 heteroatoms. The standard InChI is InChI=1S/C19H25ClN2O4/c1-13(10-14-4-3-5-16(20)11-14)18(24)21(2)12-17(23)22-8-6-15(7-9-22)19(25)26/h3-5,11,13,15H,6-10,12H2,1-2H3,(H,25,26). The van der Waals surface area contributed by atoms with Crippen molar-refractivity contribution in [2.75, 3.05) is 26.7 Å². The molecule has 1 aromatic rings. The predicted octanol–water partition coefficient (Wildman–Crippen LogP) is 2.30. The third-order valence-electron chi connectivity index (χ3n) is 4.80. The fourth-order valence-electron chi connectivity index (χ4n) is 3.24. The Balaban J connectivity index is 1.84. The number of aliphatic carboxylic acids is 1. The first-order chi connectivity index (χ1) is 12.3. The smallest absolute Gasteiger partial charge is 0.306 e. The van der Waals surface area contributed by atoms with Gasteiger partial charge < -0.3 is 14.9 Å². The lowest BCUT2D eigenvalue weighted by atomic mass is 9.97. The summed E-state index contributed by atoms with van der Waals surface area (Å²) < 4.78 is 0. The lowest BCUT2D eigenvalue weighted by Gasteiger charge is -2.32. The van der Waals surface area contributed by atoms with Crippen molar-refractivity contribution in [2.24, 2.45) is 11.8 Å². The Morgan fingerprint density at radius 3 is 2.54 bits per heavy atom. The second kappa shape index (κ2) is 9.03. The number of carboxylic acid groups (broad SMARTS) is 1. The molecule has 0 bridgehead atoms. The van der Waals surface area contributed by atoms with Gasteiger partial charge >= 0.3 is 5.97 Å². The predicted molar refractivity (Wildman–Crippen MR) is 98.9 cm³/mol. The molecule has 1 saturated heterocycles. The fourth-order valence-corrected chi connectivity index (χ4v) is 3.45. The van der Waals surface area contributed by atoms with E-state index >= 15 is 0 Å². The molecule has 1 atom stereocenters. The summed E-state index contributed by atoms with van der Waals surface area (Å²) in [6.45, 7) is 2.70. The molecule has 0 aromatic heterocycles. The highest BCUT2D eigenvalue weighted by Gasteiger charge is 2.28. The first-order valence-electron chi connectivity index (χ1n) is 8.78. The van der Waals surface area contributed by atoms with Crippen LogP contribution in [0.5, 0.6) is 0 Å². The molecule has 0 saturated carbocycles. The molecule has 26 heavy (non-hydrogen) atoms. The summed E-state index contributed by atoms with van der Waals surface area (Å²) >= 11 is 5.97. The average molecular weight is 381 g/mol. The van der Waals surface area contributed by atoms with Gasteiger partial charge in [0.25, 0.3) is 0 Å². The lowest BCUT2D eigenvalue weighted by Crippen LogP contribution is -2.46. The first kappa shape index (κ1) is 20.2. The van der Waals surface area contributed by atoms with Crippen LogP contribution in [0, 0.1) is 11.8 Å². The Morgan fingerprint density at radius 1 is 1.31 bits per heavy atom. The van der Waals surface area contributed by atoms with Crippen LogP contribution in [0.3, 0.4) is 0 Å². The van der Waals surface area contributed by atoms with Crippen molar-refractivity contribution >= 4 is 29.4 Å². The van der Waals surface area contributed by atoms with Crippen LogP contribution in [-0.4, -0.2) is 59.4 Å². The van der Waals surface area contributed by atoms with Crippen molar-refractivity contribution in [3.63, 3.8) is 0 Å². The van der Waals surface area contributed by atoms with Crippen molar-refractivity contribution in [2.45, 2.75) is 26.2 Å². The maximum absolute atomic E-state index is 12.5. The Labute approximate surface area is 158 Å². The number of nitrogens with zero attached hydrogens (tertiary/aromatic N) is 2. The van der Waals surface area contributed by atoms with E-state index in [4.69, 9.17) is 16.7 Å². The number of hydrogen-bond acceptors (Lipinski definition) is 3. The number of halogens is 1. The summed E-state index contributed by atoms with van der Waals surface area (Å²) in [4.78, 5) is 39.0. The Bertz CT molecular complexity index is 671. The normalized spacial score (nSPS) is 16.2. The van der Waals surface area contributed by atoms with Crippen molar-refractivity contribution < 1.29 is 19.5 Å². The molecule has 0 spiro atoms. The van der Waals surface area contributed by atoms with Gasteiger partial charge in [0.1, 0.15) is 0 Å². The number of rotatable bonds is 6. The van der Waals surface area contributed by atoms with Gasteiger partial charge in [-0.2, -0.15) is 0 Å². The van der Waals surface area contributed by atoms with Gasteiger partial charge in [0.05, 0.1) is 12.5 Å². The SMILES string of the molecule is CC(Cc1cccc(Cl)c1)C(=O)N(C)CC(=O)N1CCC(C(=O)O)CC1. The van der Waals surface area contributed by atoms with E-state index in [0.29, 0.717) is 37.4 Å². The quantitative estimate of drug-likeness (QED) is 0.821. The molecular formula is C19H25ClN2O4. The van der Waals surface area contributed by atoms with Gasteiger partial charge in [0, 0.05) is 31.1 Å². The number of benzene rings is 1. The molecule has 1 aromatic carbocycles. The van der Waals surface area contributed by atoms with Crippen LogP contribution >= 0.6 is 11.6 Å². The molecule has 2 rings (SSSR count). The second-order valence-electron chi connectivity index (χ2n) is 6.92. The zero-order chi connectivity index (χ0) is 19.3. The molecule has 0 aliphatic carbocycles. The van der Waals surface area contributed by atoms with Crippen LogP contribution < -0.4 is 0 Å². The minimum absolute atomic E-state index is 0.0104. The van der Waals surface area contributed by atoms with E-state index < -0.39 is 5.97 Å². The van der Waals surface area contributed by atoms with Crippen LogP contribution in [0.15, 0.2) is 24.3 Å². The second-order valence-corrected chi connectivity index (χ2v) is 7.36. The topological polar surface area (TPSA) is 77.9 Å². The summed E-state index contributed by atoms with van der Waals surface area (Å²) in [5.74, 6) is -1.68. The Morgan fingerprint density at radius 2 is 1.96 bits per heavy atom. The molecule has 1 fully saturated rings. The van der Waals surface area contributed by atoms with Gasteiger partial charge in [-0.05, 0) is 37.0 Å². The van der Waals surface area contributed by atoms with Gasteiger partial charge in [-0.3, -0.25) is 14.4 Å². The van der Waals surface area contributed by atoms with E-state index in [1.54, 1.807) is 18.0 Å². The van der Waals surface area contributed by atoms with Crippen molar-refractivity contribution in [1.82, 2.24) is 9.80 Å². The molecule has 2 amide bonds. The maximum Gasteiger partial charge on any atom is 0.306 e. The van der Waals surface area contributed by atoms with Crippen LogP contribution in [0.2, 0.25) is 5.02 Å². The average Bonchev–Trinajstić information content (AvgIpc) is 2.61. The highest BCUT2D eigenvalue weighted by Crippen LogP contribution is 2.18. The number of carbonyl (C=O) groups is 3. The molecule has 0 radical (unpaired) electrons. The van der Waals surface area contributed by atoms with E-state index in [1.807, 2.05) is 25.1 Å². The van der Waals surface area contributed by atoms with E-state index in [2.05, 4.69) is 0 Å². The third kappa shape index (κ3) is 5.46. The molecule has 142 valence electrons. The zero-order valence-electron chi connectivity index (χ0n) is 15.2. The third-order valence-corrected chi connectivity index (χ3v) is 5.03. The molecule has 1 aliphatic rings. The summed E-state index contributed by atoms with van der Waals surface area (Å²) in [7, 11) is 1.62. The fraction of sp³-hybridized carbons (Fsp3) is 0.526. The minimum atomic E-state index is -0.806. The van der Waals surface area contributed by atoms with Crippen LogP contribution in [-0.2, 0) is 20.8 Å². The largest absolute Gasteiger partial charge is 0.481 e. The summed E-state index contributed by atoms with van der Waals surface area (Å²) in [5.41, 5.74) is 0.980. The number of carboxylic acids is 1. The number of likely N-dealkylation sites (N-methyl/N-ethyl adjacent to an activating group) is 1. The monoisotopic (exact) mass is 380 g/mol. The van der Waals surface area contributed by atoms with Crippen molar-refractivity contribution in [3.8, 4) is 0 Å². The van der Waals surface area contributed by atoms with Gasteiger partial charge in [-0.1, -0.05) is 30.7 Å². The summed E-state index contributed by atoms with van der Waals surface area (Å²) in [5, 5.41) is 9.65. The summed E-state index contributed by atoms with van der Waals surface area (Å²) in [6, 6.07) is 7.40. The molecule has 1 aliphatic heterocycles. The number of carbonyl (C=O) groups excluding carboxylic acids is 2. The zero-order valence-corrected chi connectivity index (χ0v) is 15.9. The van der Waals surface area contributed by atoms with Crippen LogP contribution in [0.1, 0.15) is 25.3 Å². The van der Waals surface area contributed by atoms with Gasteiger partial charge in [-0.15, -0.1) is 0 Å². The van der Waals surface area contributed by atoms with Gasteiger partial charge in [0.2, 0.25) is 11.8 Å². The minimum Gasteiger partial charge on any atom is -0.481 e. The van der Waals surface area contributed by atoms with Crippen molar-refractivity contribution in [3.05, 3.63) is 34.9 Å². The first-order valence-corrected chi connectivity index (χ1v) is 9.15. The van der Waals surface area contributed by atoms with E-state index in [1.165, 1.54) is 4.90 Å². The Kier molecular flexibility index (Phi) is 7.03. The van der Waals surface area contributed by atoms with Gasteiger partial charge in [0.15, 0.2) is 0 Å². The highest BCUT2D eigenvalue weighted by molar-refractivity contribution is 6.30. The number of hydrogen-bond donors (Lipinski definition) is 1. The van der Waals surface area contributed by atoms with E-state index in [-0.39, 0.29) is 30.2 Å². The van der Waals surface area contributed by atoms with Gasteiger partial charge in [-0.25, -0.2) is 0 Å². The van der Waals surface area contributed by atoms with Crippen LogP contribution in [0.4, 0.5) is 0 Å². The summed E-state index contributed by atoms with van der Waals surface area (Å²) in [6.07, 6.45) is 1.48. The molecular weight excluding hydrogens is 356 g/mol. The number of amides is 2. The number of piperidine rings is 1. The highest BCUT2D eigenvalue weighted by atomic mass is 35.5. The number of likely N-dealkylation sites (tertiary alicyclic amines) is 1. The van der Waals surface area contributed by atoms with E-state index in [9.17, 15) is 14.4 Å². The Hall–Kier alpha value is -2.08. The van der Waals surface area contributed by atoms with Crippen LogP contribution in [0.25, 0.3) is 0 Å². The molecule has 6 nitrogen and oxygen atoms in total. The maximum atomic E-state index is 12.5. The van der Waals surface area contributed by atoms with E-state index in [0.717, 1.165) is 5.56 Å². The molecule has 1 heterocycles.